The van der Waals surface area contributed by atoms with Crippen LogP contribution in [0.15, 0.2) is 65.4 Å². The first-order chi connectivity index (χ1) is 14.6. The molecule has 1 aliphatic heterocycles. The van der Waals surface area contributed by atoms with Crippen LogP contribution in [0.2, 0.25) is 0 Å². The lowest BCUT2D eigenvalue weighted by molar-refractivity contribution is 0.461. The highest BCUT2D eigenvalue weighted by Gasteiger charge is 2.42. The summed E-state index contributed by atoms with van der Waals surface area (Å²) in [4.78, 5) is 6.95. The number of aromatic nitrogens is 2. The highest BCUT2D eigenvalue weighted by Crippen LogP contribution is 2.44. The molecule has 3 heterocycles. The summed E-state index contributed by atoms with van der Waals surface area (Å²) < 4.78 is 3.60. The van der Waals surface area contributed by atoms with Gasteiger partial charge >= 0.3 is 0 Å². The van der Waals surface area contributed by atoms with E-state index in [4.69, 9.17) is 12.2 Å². The van der Waals surface area contributed by atoms with Gasteiger partial charge in [0.1, 0.15) is 6.04 Å². The van der Waals surface area contributed by atoms with E-state index in [1.807, 2.05) is 18.3 Å². The SMILES string of the molecule is Cc1cc(N2C(=S)N[C@H](c3ccccn3)[C@@H]2c2cccn2C2CCCC2)ccc1Br. The molecule has 1 aromatic carbocycles. The number of halogens is 1. The van der Waals surface area contributed by atoms with Crippen LogP contribution in [0.5, 0.6) is 0 Å². The van der Waals surface area contributed by atoms with Gasteiger partial charge in [0.15, 0.2) is 5.11 Å². The molecule has 0 unspecified atom stereocenters. The third-order valence-electron chi connectivity index (χ3n) is 6.35. The first-order valence-electron chi connectivity index (χ1n) is 10.6. The molecule has 1 saturated carbocycles. The van der Waals surface area contributed by atoms with Crippen molar-refractivity contribution in [3.8, 4) is 0 Å². The molecule has 5 rings (SSSR count). The summed E-state index contributed by atoms with van der Waals surface area (Å²) >= 11 is 9.50. The average Bonchev–Trinajstić information content (AvgIpc) is 3.49. The number of hydrogen-bond donors (Lipinski definition) is 1. The molecule has 4 nitrogen and oxygen atoms in total. The van der Waals surface area contributed by atoms with Crippen LogP contribution in [0.1, 0.15) is 60.8 Å². The Morgan fingerprint density at radius 1 is 1.10 bits per heavy atom. The minimum atomic E-state index is -0.00212. The number of thiocarbonyl (C=S) groups is 1. The van der Waals surface area contributed by atoms with E-state index in [0.717, 1.165) is 21.0 Å². The van der Waals surface area contributed by atoms with Gasteiger partial charge in [0.05, 0.1) is 11.7 Å². The van der Waals surface area contributed by atoms with Crippen molar-refractivity contribution in [2.75, 3.05) is 4.90 Å². The molecule has 0 bridgehead atoms. The van der Waals surface area contributed by atoms with Crippen LogP contribution in [-0.2, 0) is 0 Å². The highest BCUT2D eigenvalue weighted by atomic mass is 79.9. The van der Waals surface area contributed by atoms with E-state index < -0.39 is 0 Å². The number of pyridine rings is 1. The van der Waals surface area contributed by atoms with Crippen molar-refractivity contribution >= 4 is 38.9 Å². The Bertz CT molecular complexity index is 1060. The predicted molar refractivity (Wildman–Crippen MR) is 129 cm³/mol. The van der Waals surface area contributed by atoms with Gasteiger partial charge in [-0.25, -0.2) is 0 Å². The maximum atomic E-state index is 5.87. The Labute approximate surface area is 191 Å². The van der Waals surface area contributed by atoms with Gasteiger partial charge in [0.2, 0.25) is 0 Å². The van der Waals surface area contributed by atoms with E-state index >= 15 is 0 Å². The molecule has 6 heteroatoms. The van der Waals surface area contributed by atoms with Crippen molar-refractivity contribution in [3.05, 3.63) is 82.3 Å². The Morgan fingerprint density at radius 3 is 2.67 bits per heavy atom. The van der Waals surface area contributed by atoms with Gasteiger partial charge in [0, 0.05) is 34.3 Å². The second-order valence-corrected chi connectivity index (χ2v) is 9.45. The lowest BCUT2D eigenvalue weighted by Gasteiger charge is -2.30. The van der Waals surface area contributed by atoms with Gasteiger partial charge in [-0.1, -0.05) is 34.8 Å². The number of nitrogens with one attached hydrogen (secondary N) is 1. The first kappa shape index (κ1) is 19.8. The summed E-state index contributed by atoms with van der Waals surface area (Å²) in [5.74, 6) is 0. The summed E-state index contributed by atoms with van der Waals surface area (Å²) in [7, 11) is 0. The molecule has 1 N–H and O–H groups in total. The lowest BCUT2D eigenvalue weighted by atomic mass is 10.00. The zero-order valence-corrected chi connectivity index (χ0v) is 19.4. The second-order valence-electron chi connectivity index (χ2n) is 8.21. The summed E-state index contributed by atoms with van der Waals surface area (Å²) in [5.41, 5.74) is 4.61. The number of anilines is 1. The first-order valence-corrected chi connectivity index (χ1v) is 11.8. The monoisotopic (exact) mass is 480 g/mol. The standard InChI is InChI=1S/C24H25BrN4S/c1-16-15-18(11-12-19(16)25)29-23(21-10-6-14-28(21)17-7-2-3-8-17)22(27-24(29)30)20-9-4-5-13-26-20/h4-6,9-15,17,22-23H,2-3,7-8H2,1H3,(H,27,30)/t22-,23+/m1/s1. The van der Waals surface area contributed by atoms with Crippen LogP contribution in [0.25, 0.3) is 0 Å². The van der Waals surface area contributed by atoms with Crippen LogP contribution < -0.4 is 10.2 Å². The molecule has 0 radical (unpaired) electrons. The van der Waals surface area contributed by atoms with E-state index in [0.29, 0.717) is 6.04 Å². The molecule has 3 aromatic rings. The van der Waals surface area contributed by atoms with Gasteiger partial charge < -0.3 is 14.8 Å². The van der Waals surface area contributed by atoms with Crippen LogP contribution in [0, 0.1) is 6.92 Å². The Kier molecular flexibility index (Phi) is 5.37. The number of rotatable bonds is 4. The normalized spacial score (nSPS) is 21.9. The molecular formula is C24H25BrN4S. The topological polar surface area (TPSA) is 33.1 Å². The molecule has 0 amide bonds. The third-order valence-corrected chi connectivity index (χ3v) is 7.56. The van der Waals surface area contributed by atoms with E-state index in [1.54, 1.807) is 0 Å². The number of nitrogens with zero attached hydrogens (tertiary/aromatic N) is 3. The number of benzene rings is 1. The predicted octanol–water partition coefficient (Wildman–Crippen LogP) is 6.25. The second kappa shape index (κ2) is 8.16. The fourth-order valence-electron chi connectivity index (χ4n) is 4.88. The summed E-state index contributed by atoms with van der Waals surface area (Å²) in [5, 5.41) is 4.33. The smallest absolute Gasteiger partial charge is 0.174 e. The van der Waals surface area contributed by atoms with E-state index in [1.165, 1.54) is 36.9 Å². The maximum absolute atomic E-state index is 5.87. The molecular weight excluding hydrogens is 456 g/mol. The van der Waals surface area contributed by atoms with E-state index in [2.05, 4.69) is 85.2 Å². The van der Waals surface area contributed by atoms with Crippen LogP contribution in [-0.4, -0.2) is 14.7 Å². The highest BCUT2D eigenvalue weighted by molar-refractivity contribution is 9.10. The summed E-state index contributed by atoms with van der Waals surface area (Å²) in [6, 6.07) is 17.6. The van der Waals surface area contributed by atoms with Crippen molar-refractivity contribution in [2.24, 2.45) is 0 Å². The number of hydrogen-bond acceptors (Lipinski definition) is 2. The van der Waals surface area contributed by atoms with E-state index in [-0.39, 0.29) is 12.1 Å². The molecule has 154 valence electrons. The Hall–Kier alpha value is -2.18. The molecule has 30 heavy (non-hydrogen) atoms. The molecule has 1 aliphatic carbocycles. The lowest BCUT2D eigenvalue weighted by Crippen LogP contribution is -2.30. The zero-order chi connectivity index (χ0) is 20.7. The van der Waals surface area contributed by atoms with Crippen molar-refractivity contribution in [2.45, 2.75) is 50.7 Å². The minimum absolute atomic E-state index is 0.00212. The zero-order valence-electron chi connectivity index (χ0n) is 17.0. The summed E-state index contributed by atoms with van der Waals surface area (Å²) in [6.45, 7) is 2.12. The summed E-state index contributed by atoms with van der Waals surface area (Å²) in [6.07, 6.45) is 9.22. The van der Waals surface area contributed by atoms with Crippen molar-refractivity contribution in [1.82, 2.24) is 14.9 Å². The van der Waals surface area contributed by atoms with E-state index in [9.17, 15) is 0 Å². The van der Waals surface area contributed by atoms with Crippen LogP contribution in [0.3, 0.4) is 0 Å². The van der Waals surface area contributed by atoms with Crippen molar-refractivity contribution < 1.29 is 0 Å². The number of aryl methyl sites for hydroxylation is 1. The fraction of sp³-hybridized carbons (Fsp3) is 0.333. The molecule has 2 aromatic heterocycles. The molecule has 0 spiro atoms. The van der Waals surface area contributed by atoms with Crippen molar-refractivity contribution in [3.63, 3.8) is 0 Å². The van der Waals surface area contributed by atoms with Gasteiger partial charge in [-0.3, -0.25) is 4.98 Å². The van der Waals surface area contributed by atoms with Gasteiger partial charge in [0.25, 0.3) is 0 Å². The Balaban J connectivity index is 1.63. The van der Waals surface area contributed by atoms with Gasteiger partial charge in [-0.05, 0) is 80.0 Å². The molecule has 2 atom stereocenters. The quantitative estimate of drug-likeness (QED) is 0.447. The molecule has 2 fully saturated rings. The molecule has 2 aliphatic rings. The van der Waals surface area contributed by atoms with Crippen LogP contribution in [0.4, 0.5) is 5.69 Å². The third kappa shape index (κ3) is 3.46. The Morgan fingerprint density at radius 2 is 1.93 bits per heavy atom. The van der Waals surface area contributed by atoms with Gasteiger partial charge in [-0.2, -0.15) is 0 Å². The maximum Gasteiger partial charge on any atom is 0.174 e. The molecule has 1 saturated heterocycles. The van der Waals surface area contributed by atoms with Gasteiger partial charge in [-0.15, -0.1) is 0 Å². The largest absolute Gasteiger partial charge is 0.351 e. The average molecular weight is 481 g/mol. The van der Waals surface area contributed by atoms with Crippen molar-refractivity contribution in [1.29, 1.82) is 0 Å². The van der Waals surface area contributed by atoms with Crippen LogP contribution >= 0.6 is 28.1 Å². The fourth-order valence-corrected chi connectivity index (χ4v) is 5.48. The minimum Gasteiger partial charge on any atom is -0.351 e.